The van der Waals surface area contributed by atoms with E-state index < -0.39 is 23.8 Å². The van der Waals surface area contributed by atoms with Gasteiger partial charge in [-0.15, -0.1) is 10.2 Å². The molecule has 1 N–H and O–H groups in total. The molecule has 3 aromatic rings. The van der Waals surface area contributed by atoms with E-state index in [9.17, 15) is 17.6 Å². The molecule has 6 nitrogen and oxygen atoms in total. The third-order valence-electron chi connectivity index (χ3n) is 5.04. The second-order valence-corrected chi connectivity index (χ2v) is 6.97. The van der Waals surface area contributed by atoms with Gasteiger partial charge in [0, 0.05) is 25.2 Å². The van der Waals surface area contributed by atoms with Crippen molar-refractivity contribution in [3.63, 3.8) is 0 Å². The minimum absolute atomic E-state index is 0.123. The van der Waals surface area contributed by atoms with E-state index >= 15 is 0 Å². The topological polar surface area (TPSA) is 76.7 Å². The molecule has 152 valence electrons. The highest BCUT2D eigenvalue weighted by Crippen LogP contribution is 2.45. The highest BCUT2D eigenvalue weighted by Gasteiger charge is 2.44. The van der Waals surface area contributed by atoms with E-state index in [4.69, 9.17) is 4.42 Å². The van der Waals surface area contributed by atoms with Crippen molar-refractivity contribution in [2.45, 2.75) is 43.6 Å². The number of hydrogen-bond donors (Lipinski definition) is 1. The van der Waals surface area contributed by atoms with Crippen molar-refractivity contribution in [3.8, 4) is 11.5 Å². The van der Waals surface area contributed by atoms with E-state index in [2.05, 4.69) is 25.5 Å². The van der Waals surface area contributed by atoms with E-state index in [1.807, 2.05) is 30.3 Å². The summed E-state index contributed by atoms with van der Waals surface area (Å²) in [5, 5.41) is 10.0. The first-order chi connectivity index (χ1) is 13.9. The molecular weight excluding hydrogens is 390 g/mol. The lowest BCUT2D eigenvalue weighted by Gasteiger charge is -2.41. The summed E-state index contributed by atoms with van der Waals surface area (Å²) in [7, 11) is 0. The molecule has 10 heteroatoms. The summed E-state index contributed by atoms with van der Waals surface area (Å²) in [6, 6.07) is 9.33. The zero-order chi connectivity index (χ0) is 20.5. The lowest BCUT2D eigenvalue weighted by molar-refractivity contribution is -0.0486. The lowest BCUT2D eigenvalue weighted by Crippen LogP contribution is -2.43. The molecule has 2 heterocycles. The average molecular weight is 407 g/mol. The zero-order valence-corrected chi connectivity index (χ0v) is 15.2. The van der Waals surface area contributed by atoms with Crippen LogP contribution in [0, 0.1) is 0 Å². The average Bonchev–Trinajstić information content (AvgIpc) is 3.22. The fourth-order valence-corrected chi connectivity index (χ4v) is 3.44. The highest BCUT2D eigenvalue weighted by atomic mass is 19.3. The minimum Gasteiger partial charge on any atom is -0.415 e. The molecule has 0 atom stereocenters. The number of hydrogen-bond acceptors (Lipinski definition) is 6. The van der Waals surface area contributed by atoms with Gasteiger partial charge in [0.2, 0.25) is 11.9 Å². The Morgan fingerprint density at radius 1 is 0.931 bits per heavy atom. The molecule has 1 aromatic carbocycles. The quantitative estimate of drug-likeness (QED) is 0.601. The highest BCUT2D eigenvalue weighted by molar-refractivity contribution is 5.51. The SMILES string of the molecule is FC(F)c1nnc(-c2cnc(NC3(c4ccccc4)CCC(F)(F)CC3)nc2)o1. The summed E-state index contributed by atoms with van der Waals surface area (Å²) >= 11 is 0. The second-order valence-electron chi connectivity index (χ2n) is 6.97. The Hall–Kier alpha value is -3.04. The minimum atomic E-state index is -2.87. The van der Waals surface area contributed by atoms with Crippen LogP contribution in [0.15, 0.2) is 47.1 Å². The Labute approximate surface area is 163 Å². The van der Waals surface area contributed by atoms with Gasteiger partial charge < -0.3 is 9.73 Å². The molecular formula is C19H17F4N5O. The van der Waals surface area contributed by atoms with Crippen molar-refractivity contribution in [2.24, 2.45) is 0 Å². The van der Waals surface area contributed by atoms with E-state index in [-0.39, 0.29) is 43.1 Å². The summed E-state index contributed by atoms with van der Waals surface area (Å²) in [4.78, 5) is 8.37. The zero-order valence-electron chi connectivity index (χ0n) is 15.2. The number of benzene rings is 1. The van der Waals surface area contributed by atoms with Gasteiger partial charge in [-0.3, -0.25) is 0 Å². The fourth-order valence-electron chi connectivity index (χ4n) is 3.44. The maximum atomic E-state index is 13.8. The van der Waals surface area contributed by atoms with Crippen molar-refractivity contribution in [1.82, 2.24) is 20.2 Å². The van der Waals surface area contributed by atoms with Crippen LogP contribution in [0.1, 0.15) is 43.6 Å². The van der Waals surface area contributed by atoms with Crippen LogP contribution >= 0.6 is 0 Å². The number of rotatable bonds is 5. The molecule has 29 heavy (non-hydrogen) atoms. The predicted molar refractivity (Wildman–Crippen MR) is 95.4 cm³/mol. The standard InChI is InChI=1S/C19H17F4N5O/c20-14(21)16-28-27-15(29-16)12-10-24-17(25-11-12)26-18(13-4-2-1-3-5-13)6-8-19(22,23)9-7-18/h1-5,10-11,14H,6-9H2,(H,24,25,26). The number of nitrogens with one attached hydrogen (secondary N) is 1. The van der Waals surface area contributed by atoms with E-state index in [1.165, 1.54) is 12.4 Å². The summed E-state index contributed by atoms with van der Waals surface area (Å²) in [6.07, 6.45) is -0.208. The van der Waals surface area contributed by atoms with Crippen LogP contribution < -0.4 is 5.32 Å². The molecule has 0 unspecified atom stereocenters. The van der Waals surface area contributed by atoms with Crippen LogP contribution in [-0.2, 0) is 5.54 Å². The second kappa shape index (κ2) is 7.41. The first-order valence-corrected chi connectivity index (χ1v) is 9.02. The molecule has 1 aliphatic carbocycles. The summed E-state index contributed by atoms with van der Waals surface area (Å²) in [5.74, 6) is -3.36. The largest absolute Gasteiger partial charge is 0.415 e. The monoisotopic (exact) mass is 407 g/mol. The van der Waals surface area contributed by atoms with Crippen molar-refractivity contribution in [1.29, 1.82) is 0 Å². The fraction of sp³-hybridized carbons (Fsp3) is 0.368. The van der Waals surface area contributed by atoms with Gasteiger partial charge in [-0.2, -0.15) is 8.78 Å². The predicted octanol–water partition coefficient (Wildman–Crippen LogP) is 4.98. The van der Waals surface area contributed by atoms with Gasteiger partial charge in [-0.25, -0.2) is 18.7 Å². The molecule has 0 spiro atoms. The van der Waals surface area contributed by atoms with Crippen molar-refractivity contribution in [3.05, 3.63) is 54.2 Å². The Kier molecular flexibility index (Phi) is 4.93. The first-order valence-electron chi connectivity index (χ1n) is 9.02. The maximum Gasteiger partial charge on any atom is 0.314 e. The Morgan fingerprint density at radius 3 is 2.17 bits per heavy atom. The van der Waals surface area contributed by atoms with Gasteiger partial charge in [-0.1, -0.05) is 30.3 Å². The molecule has 0 aliphatic heterocycles. The van der Waals surface area contributed by atoms with Gasteiger partial charge in [0.05, 0.1) is 11.1 Å². The third-order valence-corrected chi connectivity index (χ3v) is 5.04. The number of alkyl halides is 4. The lowest BCUT2D eigenvalue weighted by atomic mass is 9.75. The molecule has 0 amide bonds. The van der Waals surface area contributed by atoms with Gasteiger partial charge in [-0.05, 0) is 18.4 Å². The smallest absolute Gasteiger partial charge is 0.314 e. The number of nitrogens with zero attached hydrogens (tertiary/aromatic N) is 4. The van der Waals surface area contributed by atoms with Crippen LogP contribution in [-0.4, -0.2) is 26.1 Å². The van der Waals surface area contributed by atoms with Crippen molar-refractivity contribution in [2.75, 3.05) is 5.32 Å². The van der Waals surface area contributed by atoms with Crippen molar-refractivity contribution >= 4 is 5.95 Å². The molecule has 1 aliphatic rings. The molecule has 1 saturated carbocycles. The van der Waals surface area contributed by atoms with Crippen molar-refractivity contribution < 1.29 is 22.0 Å². The van der Waals surface area contributed by atoms with Gasteiger partial charge >= 0.3 is 6.43 Å². The van der Waals surface area contributed by atoms with Crippen LogP contribution in [0.25, 0.3) is 11.5 Å². The van der Waals surface area contributed by atoms with Crippen LogP contribution in [0.4, 0.5) is 23.5 Å². The van der Waals surface area contributed by atoms with E-state index in [0.29, 0.717) is 0 Å². The molecule has 4 rings (SSSR count). The number of halogens is 4. The normalized spacial score (nSPS) is 18.0. The first kappa shape index (κ1) is 19.3. The number of aromatic nitrogens is 4. The van der Waals surface area contributed by atoms with Gasteiger partial charge in [0.15, 0.2) is 0 Å². The Balaban J connectivity index is 1.58. The third kappa shape index (κ3) is 4.06. The van der Waals surface area contributed by atoms with Gasteiger partial charge in [0.1, 0.15) is 0 Å². The summed E-state index contributed by atoms with van der Waals surface area (Å²) in [5.41, 5.74) is 0.429. The Morgan fingerprint density at radius 2 is 1.59 bits per heavy atom. The summed E-state index contributed by atoms with van der Waals surface area (Å²) in [6.45, 7) is 0. The molecule has 0 bridgehead atoms. The van der Waals surface area contributed by atoms with Crippen LogP contribution in [0.5, 0.6) is 0 Å². The van der Waals surface area contributed by atoms with Crippen LogP contribution in [0.3, 0.4) is 0 Å². The van der Waals surface area contributed by atoms with Gasteiger partial charge in [0.25, 0.3) is 11.8 Å². The van der Waals surface area contributed by atoms with Crippen LogP contribution in [0.2, 0.25) is 0 Å². The molecule has 0 saturated heterocycles. The molecule has 1 fully saturated rings. The Bertz CT molecular complexity index is 952. The maximum absolute atomic E-state index is 13.8. The van der Waals surface area contributed by atoms with E-state index in [1.54, 1.807) is 0 Å². The van der Waals surface area contributed by atoms with E-state index in [0.717, 1.165) is 5.56 Å². The number of anilines is 1. The molecule has 2 aromatic heterocycles. The molecule has 0 radical (unpaired) electrons. The summed E-state index contributed by atoms with van der Waals surface area (Å²) < 4.78 is 57.6.